The van der Waals surface area contributed by atoms with Crippen LogP contribution in [0.2, 0.25) is 0 Å². The molecule has 0 fully saturated rings. The fourth-order valence-corrected chi connectivity index (χ4v) is 17.4. The largest absolute Gasteiger partial charge is 0.388 e. The van der Waals surface area contributed by atoms with Gasteiger partial charge in [0.2, 0.25) is 0 Å². The summed E-state index contributed by atoms with van der Waals surface area (Å²) >= 11 is 21.1. The average Bonchev–Trinajstić information content (AvgIpc) is 1.54. The lowest BCUT2D eigenvalue weighted by atomic mass is 9.59. The molecule has 0 spiro atoms. The van der Waals surface area contributed by atoms with E-state index in [1.807, 2.05) is 110 Å². The molecule has 1 heterocycles. The van der Waals surface area contributed by atoms with Gasteiger partial charge in [0, 0.05) is 78.0 Å². The van der Waals surface area contributed by atoms with Crippen molar-refractivity contribution in [3.8, 4) is 33.4 Å². The summed E-state index contributed by atoms with van der Waals surface area (Å²) in [5.74, 6) is -2.94. The Hall–Kier alpha value is -7.61. The van der Waals surface area contributed by atoms with E-state index in [1.54, 1.807) is 39.8 Å². The average molecular weight is 1870 g/mol. The molecule has 0 atom stereocenters. The van der Waals surface area contributed by atoms with Crippen LogP contribution in [0.5, 0.6) is 0 Å². The molecule has 564 valence electrons. The monoisotopic (exact) mass is 1860 g/mol. The van der Waals surface area contributed by atoms with Gasteiger partial charge >= 0.3 is 12.2 Å². The van der Waals surface area contributed by atoms with Crippen LogP contribution in [0.1, 0.15) is 119 Å². The van der Waals surface area contributed by atoms with Crippen molar-refractivity contribution in [3.63, 3.8) is 0 Å². The van der Waals surface area contributed by atoms with Crippen molar-refractivity contribution >= 4 is 147 Å². The predicted octanol–water partition coefficient (Wildman–Crippen LogP) is 32.0. The second-order valence-electron chi connectivity index (χ2n) is 31.1. The van der Waals surface area contributed by atoms with Crippen molar-refractivity contribution in [2.75, 3.05) is 14.7 Å². The zero-order valence-electron chi connectivity index (χ0n) is 62.8. The van der Waals surface area contributed by atoms with E-state index >= 15 is 13.2 Å². The molecule has 17 heteroatoms. The van der Waals surface area contributed by atoms with Gasteiger partial charge in [-0.05, 0) is 337 Å². The number of halogens is 13. The third-order valence-electron chi connectivity index (χ3n) is 23.2. The van der Waals surface area contributed by atoms with Crippen LogP contribution in [0, 0.1) is 32.0 Å². The number of hydrogen-bond donors (Lipinski definition) is 0. The van der Waals surface area contributed by atoms with Crippen molar-refractivity contribution in [1.29, 1.82) is 0 Å². The van der Waals surface area contributed by atoms with Gasteiger partial charge in [-0.3, -0.25) is 0 Å². The third-order valence-corrected chi connectivity index (χ3v) is 26.3. The number of ether oxygens (including phenoxy) is 1. The lowest BCUT2D eigenvalue weighted by molar-refractivity contribution is -0.369. The molecule has 0 aromatic heterocycles. The van der Waals surface area contributed by atoms with Gasteiger partial charge in [-0.25, -0.2) is 17.9 Å². The molecule has 0 bridgehead atoms. The number of rotatable bonds is 12. The first-order valence-corrected chi connectivity index (χ1v) is 40.7. The molecule has 0 amide bonds. The van der Waals surface area contributed by atoms with E-state index in [9.17, 15) is 17.6 Å². The number of alkyl halides is 6. The fourth-order valence-electron chi connectivity index (χ4n) is 15.8. The van der Waals surface area contributed by atoms with Gasteiger partial charge in [-0.15, -0.1) is 0 Å². The van der Waals surface area contributed by atoms with Crippen LogP contribution < -0.4 is 14.7 Å². The van der Waals surface area contributed by atoms with Gasteiger partial charge < -0.3 is 14.7 Å². The molecule has 3 aliphatic rings. The van der Waals surface area contributed by atoms with E-state index in [-0.39, 0.29) is 22.1 Å². The molecule has 0 unspecified atom stereocenters. The van der Waals surface area contributed by atoms with Gasteiger partial charge in [0.05, 0.1) is 22.0 Å². The first-order chi connectivity index (χ1) is 51.6. The molecule has 2 aliphatic carbocycles. The molecule has 15 rings (SSSR count). The lowest BCUT2D eigenvalue weighted by Gasteiger charge is -2.44. The minimum Gasteiger partial charge on any atom is -0.310 e. The summed E-state index contributed by atoms with van der Waals surface area (Å²) in [6, 6.07) is 80.6. The Morgan fingerprint density at radius 1 is 0.264 bits per heavy atom. The van der Waals surface area contributed by atoms with Crippen LogP contribution >= 0.6 is 95.6 Å². The van der Waals surface area contributed by atoms with Crippen LogP contribution in [0.3, 0.4) is 0 Å². The Kier molecular flexibility index (Phi) is 22.0. The highest BCUT2D eigenvalue weighted by atomic mass is 79.9. The fraction of sp³-hybridized carbons (Fsp3) is 0.226. The number of nitrogens with zero attached hydrogens (tertiary/aromatic N) is 3. The highest BCUT2D eigenvalue weighted by Gasteiger charge is 2.65. The SMILES string of the molecule is Cc1cc(-c2cc(F)c3c(c2)C(C)(C)C(C)(C)C3(C)C)ccc1N(c1ccc(Br)cc1)c1ccc(Br)cc1.Cc1cc(-c2ccc3c(c2)C(C)(C)C(F)(F)C3(C)C)ccc1N(c1ccc(Br)cc1)c1ccc(Br)cc1.Cc1cc(-c2ccc3c(c2)C(F)(F)OC3(F)F)ccc1N(c1ccc(Br)cc1)c1ccc(Br)cc1. The smallest absolute Gasteiger partial charge is 0.310 e. The van der Waals surface area contributed by atoms with E-state index in [1.165, 1.54) is 6.07 Å². The molecule has 4 nitrogen and oxygen atoms in total. The molecular formula is C93H80Br6F7N3O. The highest BCUT2D eigenvalue weighted by molar-refractivity contribution is 9.11. The Morgan fingerprint density at radius 3 is 0.855 bits per heavy atom. The molecular weight excluding hydrogens is 1790 g/mol. The van der Waals surface area contributed by atoms with E-state index in [0.29, 0.717) is 11.1 Å². The van der Waals surface area contributed by atoms with Crippen molar-refractivity contribution in [2.45, 2.75) is 130 Å². The molecule has 1 aliphatic heterocycles. The van der Waals surface area contributed by atoms with E-state index in [2.05, 4.69) is 286 Å². The van der Waals surface area contributed by atoms with Crippen molar-refractivity contribution in [1.82, 2.24) is 0 Å². The topological polar surface area (TPSA) is 19.0 Å². The lowest BCUT2D eigenvalue weighted by Crippen LogP contribution is -2.46. The maximum Gasteiger partial charge on any atom is 0.388 e. The predicted molar refractivity (Wildman–Crippen MR) is 460 cm³/mol. The number of anilines is 9. The maximum absolute atomic E-state index is 15.8. The molecule has 110 heavy (non-hydrogen) atoms. The number of aryl methyl sites for hydroxylation is 3. The Balaban J connectivity index is 0.000000145. The summed E-state index contributed by atoms with van der Waals surface area (Å²) < 4.78 is 112. The molecule has 0 saturated carbocycles. The second-order valence-corrected chi connectivity index (χ2v) is 36.6. The van der Waals surface area contributed by atoms with E-state index < -0.39 is 40.1 Å². The van der Waals surface area contributed by atoms with E-state index in [4.69, 9.17) is 0 Å². The van der Waals surface area contributed by atoms with Crippen LogP contribution in [0.25, 0.3) is 33.4 Å². The van der Waals surface area contributed by atoms with Gasteiger partial charge in [-0.2, -0.15) is 17.6 Å². The Morgan fingerprint density at radius 2 is 0.527 bits per heavy atom. The van der Waals surface area contributed by atoms with Crippen LogP contribution in [0.4, 0.5) is 81.9 Å². The molecule has 12 aromatic carbocycles. The van der Waals surface area contributed by atoms with Crippen LogP contribution in [-0.4, -0.2) is 5.92 Å². The van der Waals surface area contributed by atoms with Gasteiger partial charge in [-0.1, -0.05) is 186 Å². The normalized spacial score (nSPS) is 16.5. The summed E-state index contributed by atoms with van der Waals surface area (Å²) in [6.07, 6.45) is -8.07. The van der Waals surface area contributed by atoms with Gasteiger partial charge in [0.1, 0.15) is 5.82 Å². The highest BCUT2D eigenvalue weighted by Crippen LogP contribution is 2.64. The van der Waals surface area contributed by atoms with Crippen molar-refractivity contribution < 1.29 is 35.5 Å². The Labute approximate surface area is 690 Å². The third kappa shape index (κ3) is 14.7. The zero-order chi connectivity index (χ0) is 79.3. The molecule has 12 aromatic rings. The van der Waals surface area contributed by atoms with Gasteiger partial charge in [0.25, 0.3) is 5.92 Å². The van der Waals surface area contributed by atoms with Crippen molar-refractivity contribution in [3.05, 3.63) is 331 Å². The number of hydrogen-bond acceptors (Lipinski definition) is 4. The minimum atomic E-state index is -4.05. The quantitative estimate of drug-likeness (QED) is 0.113. The summed E-state index contributed by atoms with van der Waals surface area (Å²) in [5.41, 5.74) is 16.0. The van der Waals surface area contributed by atoms with Crippen molar-refractivity contribution in [2.24, 2.45) is 5.41 Å². The summed E-state index contributed by atoms with van der Waals surface area (Å²) in [5, 5.41) is 0. The number of fused-ring (bicyclic) bond motifs is 3. The summed E-state index contributed by atoms with van der Waals surface area (Å²) in [4.78, 5) is 6.57. The first-order valence-electron chi connectivity index (χ1n) is 35.9. The van der Waals surface area contributed by atoms with Crippen LogP contribution in [0.15, 0.2) is 276 Å². The molecule has 0 saturated heterocycles. The zero-order valence-corrected chi connectivity index (χ0v) is 72.4. The number of benzene rings is 12. The Bertz CT molecular complexity index is 5340. The standard InChI is InChI=1S/C34H34Br2FN.C32H29Br2F2N.C27H17Br2F4NO/c1-21-18-22(23-19-28-31(29(37)20-23)33(4,5)34(6,7)32(28,2)3)8-17-30(21)38(26-13-9-24(35)10-14-26)27-15-11-25(36)12-16-27;1-20-18-21(22-6-16-27-28(19-22)31(4,5)32(35,36)30(27,2)3)7-17-29(20)37(25-12-8-23(33)9-13-25)26-14-10-24(34)11-15-26;1-16-14-17(18-2-12-23-24(15-18)27(32,33)35-26(23,30)31)3-13-25(16)34(21-8-4-19(28)5-9-21)22-10-6-20(29)7-11-22/h8-20H,1-7H3;6-19H,1-5H3;2-15H,1H3. The summed E-state index contributed by atoms with van der Waals surface area (Å²) in [6.45, 7) is 26.2. The first kappa shape index (κ1) is 80.4. The minimum absolute atomic E-state index is 0.0859. The second kappa shape index (κ2) is 30.1. The molecule has 0 radical (unpaired) electrons. The van der Waals surface area contributed by atoms with Gasteiger partial charge in [0.15, 0.2) is 0 Å². The molecule has 0 N–H and O–H groups in total. The van der Waals surface area contributed by atoms with Crippen LogP contribution in [-0.2, 0) is 38.6 Å². The van der Waals surface area contributed by atoms with E-state index in [0.717, 1.165) is 151 Å². The summed E-state index contributed by atoms with van der Waals surface area (Å²) in [7, 11) is 0. The maximum atomic E-state index is 15.8.